The fourth-order valence-corrected chi connectivity index (χ4v) is 2.11. The van der Waals surface area contributed by atoms with Gasteiger partial charge in [-0.05, 0) is 11.1 Å². The Morgan fingerprint density at radius 1 is 1.41 bits per heavy atom. The number of H-pyrrole nitrogens is 1. The van der Waals surface area contributed by atoms with Gasteiger partial charge < -0.3 is 10.5 Å². The van der Waals surface area contributed by atoms with E-state index in [2.05, 4.69) is 10.2 Å². The van der Waals surface area contributed by atoms with Crippen LogP contribution in [0.1, 0.15) is 21.5 Å². The summed E-state index contributed by atoms with van der Waals surface area (Å²) < 4.78 is 5.40. The molecular formula is C12H11N3O2. The maximum absolute atomic E-state index is 11.3. The van der Waals surface area contributed by atoms with Crippen molar-refractivity contribution < 1.29 is 9.53 Å². The Morgan fingerprint density at radius 2 is 2.29 bits per heavy atom. The van der Waals surface area contributed by atoms with Crippen LogP contribution in [0.25, 0.3) is 11.3 Å². The van der Waals surface area contributed by atoms with E-state index in [0.717, 1.165) is 16.7 Å². The molecule has 0 bridgehead atoms. The van der Waals surface area contributed by atoms with Crippen LogP contribution < -0.4 is 5.73 Å². The zero-order chi connectivity index (χ0) is 11.8. The smallest absolute Gasteiger partial charge is 0.252 e. The largest absolute Gasteiger partial charge is 0.372 e. The summed E-state index contributed by atoms with van der Waals surface area (Å²) in [5.41, 5.74) is 9.45. The number of nitrogens with two attached hydrogens (primary N) is 1. The summed E-state index contributed by atoms with van der Waals surface area (Å²) in [5, 5.41) is 6.78. The highest BCUT2D eigenvalue weighted by Gasteiger charge is 2.20. The van der Waals surface area contributed by atoms with Crippen LogP contribution in [0.3, 0.4) is 0 Å². The molecule has 0 spiro atoms. The van der Waals surface area contributed by atoms with Crippen LogP contribution >= 0.6 is 0 Å². The Balaban J connectivity index is 2.19. The highest BCUT2D eigenvalue weighted by atomic mass is 16.5. The number of ether oxygens (including phenoxy) is 1. The van der Waals surface area contributed by atoms with Crippen LogP contribution in [0.15, 0.2) is 24.4 Å². The van der Waals surface area contributed by atoms with Crippen LogP contribution in [0.4, 0.5) is 0 Å². The molecule has 5 heteroatoms. The third-order valence-corrected chi connectivity index (χ3v) is 2.94. The molecule has 1 aromatic heterocycles. The summed E-state index contributed by atoms with van der Waals surface area (Å²) in [5.74, 6) is -0.481. The minimum Gasteiger partial charge on any atom is -0.372 e. The van der Waals surface area contributed by atoms with Crippen molar-refractivity contribution in [1.82, 2.24) is 10.2 Å². The topological polar surface area (TPSA) is 81.0 Å². The first-order valence-corrected chi connectivity index (χ1v) is 5.30. The predicted octanol–water partition coefficient (Wildman–Crippen LogP) is 1.21. The number of nitrogens with zero attached hydrogens (tertiary/aromatic N) is 1. The lowest BCUT2D eigenvalue weighted by molar-refractivity contribution is 0.100. The fraction of sp³-hybridized carbons (Fsp3) is 0.167. The molecule has 0 fully saturated rings. The Bertz CT molecular complexity index is 589. The van der Waals surface area contributed by atoms with Crippen molar-refractivity contribution in [3.8, 4) is 11.3 Å². The second kappa shape index (κ2) is 3.71. The number of hydrogen-bond donors (Lipinski definition) is 2. The molecule has 86 valence electrons. The van der Waals surface area contributed by atoms with Crippen LogP contribution in [0.5, 0.6) is 0 Å². The highest BCUT2D eigenvalue weighted by molar-refractivity contribution is 5.99. The van der Waals surface area contributed by atoms with E-state index in [1.165, 1.54) is 6.20 Å². The zero-order valence-electron chi connectivity index (χ0n) is 9.06. The number of carbonyl (C=O) groups excluding carboxylic acids is 1. The molecule has 3 rings (SSSR count). The first kappa shape index (κ1) is 10.0. The van der Waals surface area contributed by atoms with Gasteiger partial charge in [0.15, 0.2) is 0 Å². The number of amides is 1. The molecule has 2 aromatic rings. The summed E-state index contributed by atoms with van der Waals surface area (Å²) in [6, 6.07) is 5.88. The van der Waals surface area contributed by atoms with Gasteiger partial charge in [-0.1, -0.05) is 18.2 Å². The number of aromatic amines is 1. The van der Waals surface area contributed by atoms with E-state index in [4.69, 9.17) is 10.5 Å². The summed E-state index contributed by atoms with van der Waals surface area (Å²) in [6.07, 6.45) is 1.52. The van der Waals surface area contributed by atoms with E-state index in [1.54, 1.807) is 0 Å². The molecule has 0 saturated carbocycles. The quantitative estimate of drug-likeness (QED) is 0.812. The monoisotopic (exact) mass is 229 g/mol. The molecule has 0 saturated heterocycles. The number of nitrogens with one attached hydrogen (secondary N) is 1. The van der Waals surface area contributed by atoms with Crippen LogP contribution in [-0.4, -0.2) is 16.1 Å². The van der Waals surface area contributed by atoms with Crippen LogP contribution in [0.2, 0.25) is 0 Å². The minimum absolute atomic E-state index is 0.408. The minimum atomic E-state index is -0.481. The molecule has 0 atom stereocenters. The average molecular weight is 229 g/mol. The fourth-order valence-electron chi connectivity index (χ4n) is 2.11. The van der Waals surface area contributed by atoms with E-state index in [1.807, 2.05) is 18.2 Å². The van der Waals surface area contributed by atoms with Gasteiger partial charge in [0, 0.05) is 11.8 Å². The van der Waals surface area contributed by atoms with Crippen molar-refractivity contribution in [1.29, 1.82) is 0 Å². The first-order valence-electron chi connectivity index (χ1n) is 5.30. The van der Waals surface area contributed by atoms with Gasteiger partial charge in [0.1, 0.15) is 5.69 Å². The lowest BCUT2D eigenvalue weighted by Gasteiger charge is -2.05. The van der Waals surface area contributed by atoms with Crippen molar-refractivity contribution in [3.63, 3.8) is 0 Å². The van der Waals surface area contributed by atoms with Crippen LogP contribution in [-0.2, 0) is 18.0 Å². The number of rotatable bonds is 2. The first-order chi connectivity index (χ1) is 8.27. The maximum atomic E-state index is 11.3. The number of primary amides is 1. The van der Waals surface area contributed by atoms with Gasteiger partial charge in [-0.3, -0.25) is 9.89 Å². The normalized spacial score (nSPS) is 13.6. The second-order valence-electron chi connectivity index (χ2n) is 3.95. The van der Waals surface area contributed by atoms with E-state index in [0.29, 0.717) is 24.5 Å². The van der Waals surface area contributed by atoms with Crippen molar-refractivity contribution in [2.75, 3.05) is 0 Å². The van der Waals surface area contributed by atoms with E-state index < -0.39 is 5.91 Å². The summed E-state index contributed by atoms with van der Waals surface area (Å²) in [7, 11) is 0. The summed E-state index contributed by atoms with van der Waals surface area (Å²) in [4.78, 5) is 11.3. The molecule has 0 radical (unpaired) electrons. The number of benzene rings is 1. The Labute approximate surface area is 97.6 Å². The van der Waals surface area contributed by atoms with Crippen molar-refractivity contribution >= 4 is 5.91 Å². The van der Waals surface area contributed by atoms with Gasteiger partial charge >= 0.3 is 0 Å². The second-order valence-corrected chi connectivity index (χ2v) is 3.95. The average Bonchev–Trinajstić information content (AvgIpc) is 2.97. The molecule has 5 nitrogen and oxygen atoms in total. The standard InChI is InChI=1S/C12H11N3O2/c13-12(16)9-4-14-15-11(9)8-3-1-2-7-5-17-6-10(7)8/h1-4H,5-6H2,(H2,13,16)(H,14,15). The molecule has 0 unspecified atom stereocenters. The van der Waals surface area contributed by atoms with Crippen LogP contribution in [0, 0.1) is 0 Å². The van der Waals surface area contributed by atoms with Crippen molar-refractivity contribution in [2.24, 2.45) is 5.73 Å². The van der Waals surface area contributed by atoms with Crippen molar-refractivity contribution in [2.45, 2.75) is 13.2 Å². The van der Waals surface area contributed by atoms with E-state index >= 15 is 0 Å². The lowest BCUT2D eigenvalue weighted by Crippen LogP contribution is -2.11. The van der Waals surface area contributed by atoms with E-state index in [9.17, 15) is 4.79 Å². The highest BCUT2D eigenvalue weighted by Crippen LogP contribution is 2.31. The summed E-state index contributed by atoms with van der Waals surface area (Å²) >= 11 is 0. The Kier molecular flexibility index (Phi) is 2.19. The Morgan fingerprint density at radius 3 is 3.12 bits per heavy atom. The van der Waals surface area contributed by atoms with Gasteiger partial charge in [-0.2, -0.15) is 5.10 Å². The maximum Gasteiger partial charge on any atom is 0.252 e. The number of fused-ring (bicyclic) bond motifs is 1. The van der Waals surface area contributed by atoms with E-state index in [-0.39, 0.29) is 0 Å². The van der Waals surface area contributed by atoms with Gasteiger partial charge in [0.2, 0.25) is 0 Å². The molecule has 3 N–H and O–H groups in total. The summed E-state index contributed by atoms with van der Waals surface area (Å²) in [6.45, 7) is 1.16. The number of aromatic nitrogens is 2. The number of carbonyl (C=O) groups is 1. The molecule has 1 aliphatic heterocycles. The molecule has 1 amide bonds. The third kappa shape index (κ3) is 1.52. The van der Waals surface area contributed by atoms with Gasteiger partial charge in [0.05, 0.1) is 18.8 Å². The number of hydrogen-bond acceptors (Lipinski definition) is 3. The molecule has 2 heterocycles. The van der Waals surface area contributed by atoms with Gasteiger partial charge in [-0.25, -0.2) is 0 Å². The zero-order valence-corrected chi connectivity index (χ0v) is 9.06. The third-order valence-electron chi connectivity index (χ3n) is 2.94. The molecule has 1 aromatic carbocycles. The van der Waals surface area contributed by atoms with Gasteiger partial charge in [-0.15, -0.1) is 0 Å². The Hall–Kier alpha value is -2.14. The van der Waals surface area contributed by atoms with Crippen molar-refractivity contribution in [3.05, 3.63) is 41.1 Å². The molecule has 1 aliphatic rings. The predicted molar refractivity (Wildman–Crippen MR) is 61.0 cm³/mol. The molecule has 17 heavy (non-hydrogen) atoms. The SMILES string of the molecule is NC(=O)c1c[nH]nc1-c1cccc2c1COC2. The molecular weight excluding hydrogens is 218 g/mol. The van der Waals surface area contributed by atoms with Gasteiger partial charge in [0.25, 0.3) is 5.91 Å². The molecule has 0 aliphatic carbocycles. The lowest BCUT2D eigenvalue weighted by atomic mass is 9.99.